The number of nitro groups is 1. The molecule has 1 aromatic heterocycles. The third-order valence-corrected chi connectivity index (χ3v) is 5.23. The van der Waals surface area contributed by atoms with Gasteiger partial charge in [0.2, 0.25) is 17.6 Å². The molecule has 2 aromatic rings. The van der Waals surface area contributed by atoms with Gasteiger partial charge in [0, 0.05) is 42.6 Å². The van der Waals surface area contributed by atoms with Crippen LogP contribution in [0.15, 0.2) is 28.8 Å². The highest BCUT2D eigenvalue weighted by atomic mass is 16.6. The van der Waals surface area contributed by atoms with Crippen molar-refractivity contribution in [3.05, 3.63) is 40.3 Å². The lowest BCUT2D eigenvalue weighted by atomic mass is 9.84. The van der Waals surface area contributed by atoms with Gasteiger partial charge in [0.15, 0.2) is 0 Å². The standard InChI is InChI=1S/C19H24N4O4/c1-3-13(2)22(19(24)15-5-4-6-15)12-11-17-20-18(21-27-17)14-7-9-16(10-8-14)23(25)26/h7-10,13,15H,3-6,11-12H2,1-2H3/t13-/m0/s1. The first-order valence-corrected chi connectivity index (χ1v) is 9.37. The van der Waals surface area contributed by atoms with Gasteiger partial charge in [-0.2, -0.15) is 4.98 Å². The fourth-order valence-electron chi connectivity index (χ4n) is 3.08. The molecule has 0 bridgehead atoms. The maximum absolute atomic E-state index is 12.7. The summed E-state index contributed by atoms with van der Waals surface area (Å²) >= 11 is 0. The maximum atomic E-state index is 12.7. The van der Waals surface area contributed by atoms with Crippen LogP contribution in [-0.2, 0) is 11.2 Å². The second-order valence-corrected chi connectivity index (χ2v) is 6.98. The normalized spacial score (nSPS) is 15.2. The molecular weight excluding hydrogens is 348 g/mol. The van der Waals surface area contributed by atoms with Gasteiger partial charge in [-0.25, -0.2) is 0 Å². The van der Waals surface area contributed by atoms with Crippen molar-refractivity contribution in [1.29, 1.82) is 0 Å². The van der Waals surface area contributed by atoms with Crippen LogP contribution in [0.5, 0.6) is 0 Å². The van der Waals surface area contributed by atoms with Gasteiger partial charge in [-0.1, -0.05) is 18.5 Å². The van der Waals surface area contributed by atoms with E-state index in [-0.39, 0.29) is 23.6 Å². The summed E-state index contributed by atoms with van der Waals surface area (Å²) in [7, 11) is 0. The molecule has 144 valence electrons. The fraction of sp³-hybridized carbons (Fsp3) is 0.526. The molecule has 0 N–H and O–H groups in total. The summed E-state index contributed by atoms with van der Waals surface area (Å²) in [5, 5.41) is 14.7. The monoisotopic (exact) mass is 372 g/mol. The molecule has 1 heterocycles. The Morgan fingerprint density at radius 3 is 2.63 bits per heavy atom. The Morgan fingerprint density at radius 2 is 2.07 bits per heavy atom. The molecule has 1 aliphatic carbocycles. The minimum Gasteiger partial charge on any atom is -0.339 e. The molecule has 27 heavy (non-hydrogen) atoms. The molecule has 1 atom stereocenters. The van der Waals surface area contributed by atoms with E-state index < -0.39 is 4.92 Å². The Labute approximate surface area is 157 Å². The van der Waals surface area contributed by atoms with Crippen molar-refractivity contribution >= 4 is 11.6 Å². The summed E-state index contributed by atoms with van der Waals surface area (Å²) in [4.78, 5) is 29.2. The van der Waals surface area contributed by atoms with E-state index in [9.17, 15) is 14.9 Å². The average Bonchev–Trinajstić information content (AvgIpc) is 3.09. The molecule has 0 aliphatic heterocycles. The first-order valence-electron chi connectivity index (χ1n) is 9.37. The molecule has 8 nitrogen and oxygen atoms in total. The van der Waals surface area contributed by atoms with Gasteiger partial charge in [0.25, 0.3) is 5.69 Å². The Morgan fingerprint density at radius 1 is 1.37 bits per heavy atom. The van der Waals surface area contributed by atoms with Crippen LogP contribution in [0.4, 0.5) is 5.69 Å². The Bertz CT molecular complexity index is 798. The number of amides is 1. The smallest absolute Gasteiger partial charge is 0.269 e. The van der Waals surface area contributed by atoms with Gasteiger partial charge in [-0.05, 0) is 38.3 Å². The number of aromatic nitrogens is 2. The number of hydrogen-bond acceptors (Lipinski definition) is 6. The Hall–Kier alpha value is -2.77. The molecule has 1 aromatic carbocycles. The van der Waals surface area contributed by atoms with E-state index in [2.05, 4.69) is 24.0 Å². The van der Waals surface area contributed by atoms with E-state index >= 15 is 0 Å². The number of benzene rings is 1. The van der Waals surface area contributed by atoms with Crippen molar-refractivity contribution in [3.8, 4) is 11.4 Å². The molecule has 0 saturated heterocycles. The summed E-state index contributed by atoms with van der Waals surface area (Å²) in [6, 6.07) is 6.19. The predicted octanol–water partition coefficient (Wildman–Crippen LogP) is 3.61. The molecular formula is C19H24N4O4. The Kier molecular flexibility index (Phi) is 5.83. The highest BCUT2D eigenvalue weighted by Crippen LogP contribution is 2.29. The van der Waals surface area contributed by atoms with E-state index in [4.69, 9.17) is 4.52 Å². The van der Waals surface area contributed by atoms with E-state index in [0.29, 0.717) is 30.2 Å². The highest BCUT2D eigenvalue weighted by molar-refractivity contribution is 5.79. The topological polar surface area (TPSA) is 102 Å². The lowest BCUT2D eigenvalue weighted by molar-refractivity contribution is -0.384. The van der Waals surface area contributed by atoms with Gasteiger partial charge < -0.3 is 9.42 Å². The lowest BCUT2D eigenvalue weighted by Gasteiger charge is -2.35. The molecule has 0 radical (unpaired) electrons. The van der Waals surface area contributed by atoms with Gasteiger partial charge in [0.05, 0.1) is 4.92 Å². The number of rotatable bonds is 8. The SMILES string of the molecule is CC[C@H](C)N(CCc1nc(-c2ccc([N+](=O)[O-])cc2)no1)C(=O)C1CCC1. The van der Waals surface area contributed by atoms with Crippen LogP contribution in [0.3, 0.4) is 0 Å². The van der Waals surface area contributed by atoms with Crippen LogP contribution in [0.2, 0.25) is 0 Å². The molecule has 1 aliphatic rings. The molecule has 8 heteroatoms. The minimum absolute atomic E-state index is 0.0150. The van der Waals surface area contributed by atoms with Crippen molar-refractivity contribution in [2.75, 3.05) is 6.54 Å². The van der Waals surface area contributed by atoms with E-state index in [1.165, 1.54) is 12.1 Å². The van der Waals surface area contributed by atoms with E-state index in [1.807, 2.05) is 4.90 Å². The van der Waals surface area contributed by atoms with Crippen molar-refractivity contribution in [2.24, 2.45) is 5.92 Å². The zero-order valence-electron chi connectivity index (χ0n) is 15.6. The van der Waals surface area contributed by atoms with E-state index in [1.54, 1.807) is 12.1 Å². The molecule has 3 rings (SSSR count). The number of nitrogens with zero attached hydrogens (tertiary/aromatic N) is 4. The zero-order chi connectivity index (χ0) is 19.4. The second kappa shape index (κ2) is 8.28. The number of nitro benzene ring substituents is 1. The quantitative estimate of drug-likeness (QED) is 0.518. The molecule has 1 fully saturated rings. The largest absolute Gasteiger partial charge is 0.339 e. The van der Waals surface area contributed by atoms with Crippen LogP contribution in [0.25, 0.3) is 11.4 Å². The average molecular weight is 372 g/mol. The van der Waals surface area contributed by atoms with Crippen molar-refractivity contribution in [3.63, 3.8) is 0 Å². The third-order valence-electron chi connectivity index (χ3n) is 5.23. The number of hydrogen-bond donors (Lipinski definition) is 0. The van der Waals surface area contributed by atoms with Gasteiger partial charge >= 0.3 is 0 Å². The summed E-state index contributed by atoms with van der Waals surface area (Å²) in [5.74, 6) is 1.24. The summed E-state index contributed by atoms with van der Waals surface area (Å²) < 4.78 is 5.31. The van der Waals surface area contributed by atoms with Crippen LogP contribution in [0, 0.1) is 16.0 Å². The Balaban J connectivity index is 1.65. The third kappa shape index (κ3) is 4.32. The van der Waals surface area contributed by atoms with Crippen LogP contribution >= 0.6 is 0 Å². The predicted molar refractivity (Wildman–Crippen MR) is 98.9 cm³/mol. The lowest BCUT2D eigenvalue weighted by Crippen LogP contribution is -2.44. The van der Waals surface area contributed by atoms with Gasteiger partial charge in [-0.15, -0.1) is 0 Å². The molecule has 1 amide bonds. The summed E-state index contributed by atoms with van der Waals surface area (Å²) in [6.45, 7) is 4.68. The van der Waals surface area contributed by atoms with Crippen molar-refractivity contribution < 1.29 is 14.2 Å². The number of carbonyl (C=O) groups excluding carboxylic acids is 1. The molecule has 0 spiro atoms. The van der Waals surface area contributed by atoms with Crippen molar-refractivity contribution in [2.45, 2.75) is 52.0 Å². The van der Waals surface area contributed by atoms with Crippen LogP contribution < -0.4 is 0 Å². The second-order valence-electron chi connectivity index (χ2n) is 6.98. The molecule has 0 unspecified atom stereocenters. The number of non-ortho nitro benzene ring substituents is 1. The van der Waals surface area contributed by atoms with E-state index in [0.717, 1.165) is 25.7 Å². The minimum atomic E-state index is -0.450. The van der Waals surface area contributed by atoms with Crippen molar-refractivity contribution in [1.82, 2.24) is 15.0 Å². The van der Waals surface area contributed by atoms with Crippen LogP contribution in [-0.4, -0.2) is 38.5 Å². The highest BCUT2D eigenvalue weighted by Gasteiger charge is 2.31. The fourth-order valence-corrected chi connectivity index (χ4v) is 3.08. The van der Waals surface area contributed by atoms with Crippen LogP contribution in [0.1, 0.15) is 45.4 Å². The summed E-state index contributed by atoms with van der Waals surface area (Å²) in [5.41, 5.74) is 0.668. The first-order chi connectivity index (χ1) is 13.0. The molecule has 1 saturated carbocycles. The first kappa shape index (κ1) is 19.0. The summed E-state index contributed by atoms with van der Waals surface area (Å²) in [6.07, 6.45) is 4.49. The maximum Gasteiger partial charge on any atom is 0.269 e. The number of carbonyl (C=O) groups is 1. The van der Waals surface area contributed by atoms with Gasteiger partial charge in [-0.3, -0.25) is 14.9 Å². The zero-order valence-corrected chi connectivity index (χ0v) is 15.6. The van der Waals surface area contributed by atoms with Gasteiger partial charge in [0.1, 0.15) is 0 Å².